The number of anilines is 1. The van der Waals surface area contributed by atoms with Gasteiger partial charge in [-0.2, -0.15) is 5.10 Å². The molecule has 0 aliphatic rings. The van der Waals surface area contributed by atoms with Gasteiger partial charge in [0.25, 0.3) is 0 Å². The maximum absolute atomic E-state index is 5.83. The molecule has 0 fully saturated rings. The van der Waals surface area contributed by atoms with Crippen LogP contribution >= 0.6 is 15.9 Å². The van der Waals surface area contributed by atoms with E-state index in [2.05, 4.69) is 37.9 Å². The largest absolute Gasteiger partial charge is 0.383 e. The molecule has 2 aromatic rings. The summed E-state index contributed by atoms with van der Waals surface area (Å²) in [6.07, 6.45) is 2.76. The van der Waals surface area contributed by atoms with E-state index < -0.39 is 0 Å². The van der Waals surface area contributed by atoms with Crippen LogP contribution in [0.25, 0.3) is 11.4 Å². The van der Waals surface area contributed by atoms with Crippen molar-refractivity contribution in [3.63, 3.8) is 0 Å². The van der Waals surface area contributed by atoms with E-state index >= 15 is 0 Å². The van der Waals surface area contributed by atoms with Crippen molar-refractivity contribution in [1.82, 2.24) is 19.7 Å². The molecule has 2 heterocycles. The van der Waals surface area contributed by atoms with Crippen molar-refractivity contribution in [2.75, 3.05) is 5.73 Å². The van der Waals surface area contributed by atoms with Crippen LogP contribution in [0.2, 0.25) is 0 Å². The van der Waals surface area contributed by atoms with E-state index in [1.807, 2.05) is 20.2 Å². The monoisotopic (exact) mass is 295 g/mol. The predicted octanol–water partition coefficient (Wildman–Crippen LogP) is 2.09. The summed E-state index contributed by atoms with van der Waals surface area (Å²) in [4.78, 5) is 8.73. The number of nitrogens with zero attached hydrogens (tertiary/aromatic N) is 4. The van der Waals surface area contributed by atoms with Gasteiger partial charge < -0.3 is 5.73 Å². The standard InChI is InChI=1S/C11H14BrN5/c1-4-8-7(5-17(3)16-8)11-14-6(2)9(12)10(13)15-11/h5H,4H2,1-3H3,(H2,13,14,15). The van der Waals surface area contributed by atoms with E-state index in [4.69, 9.17) is 5.73 Å². The summed E-state index contributed by atoms with van der Waals surface area (Å²) < 4.78 is 2.52. The van der Waals surface area contributed by atoms with Crippen LogP contribution in [0.4, 0.5) is 5.82 Å². The Hall–Kier alpha value is -1.43. The Bertz CT molecular complexity index is 538. The zero-order valence-electron chi connectivity index (χ0n) is 10.0. The molecule has 2 N–H and O–H groups in total. The van der Waals surface area contributed by atoms with Crippen LogP contribution in [-0.2, 0) is 13.5 Å². The number of rotatable bonds is 2. The van der Waals surface area contributed by atoms with Crippen molar-refractivity contribution in [3.05, 3.63) is 22.1 Å². The number of aromatic nitrogens is 4. The van der Waals surface area contributed by atoms with E-state index in [-0.39, 0.29) is 0 Å². The fourth-order valence-corrected chi connectivity index (χ4v) is 1.86. The summed E-state index contributed by atoms with van der Waals surface area (Å²) in [6.45, 7) is 3.95. The Balaban J connectivity index is 2.60. The lowest BCUT2D eigenvalue weighted by molar-refractivity contribution is 0.746. The third kappa shape index (κ3) is 2.17. The summed E-state index contributed by atoms with van der Waals surface area (Å²) >= 11 is 3.36. The van der Waals surface area contributed by atoms with Gasteiger partial charge in [-0.25, -0.2) is 9.97 Å². The lowest BCUT2D eigenvalue weighted by Gasteiger charge is -2.05. The highest BCUT2D eigenvalue weighted by Crippen LogP contribution is 2.26. The minimum absolute atomic E-state index is 0.457. The average molecular weight is 296 g/mol. The zero-order valence-corrected chi connectivity index (χ0v) is 11.6. The molecule has 0 saturated carbocycles. The SMILES string of the molecule is CCc1nn(C)cc1-c1nc(C)c(Br)c(N)n1. The van der Waals surface area contributed by atoms with Gasteiger partial charge >= 0.3 is 0 Å². The molecule has 0 aliphatic carbocycles. The van der Waals surface area contributed by atoms with Gasteiger partial charge in [0.15, 0.2) is 5.82 Å². The number of hydrogen-bond donors (Lipinski definition) is 1. The van der Waals surface area contributed by atoms with Crippen LogP contribution in [0.5, 0.6) is 0 Å². The third-order valence-corrected chi connectivity index (χ3v) is 3.50. The topological polar surface area (TPSA) is 69.6 Å². The number of nitrogens with two attached hydrogens (primary N) is 1. The Morgan fingerprint density at radius 3 is 2.71 bits per heavy atom. The molecule has 5 nitrogen and oxygen atoms in total. The summed E-state index contributed by atoms with van der Waals surface area (Å²) in [5, 5.41) is 4.37. The maximum atomic E-state index is 5.83. The van der Waals surface area contributed by atoms with Crippen molar-refractivity contribution in [2.45, 2.75) is 20.3 Å². The second-order valence-electron chi connectivity index (χ2n) is 3.85. The molecule has 90 valence electrons. The quantitative estimate of drug-likeness (QED) is 0.921. The fraction of sp³-hybridized carbons (Fsp3) is 0.364. The van der Waals surface area contributed by atoms with Crippen LogP contribution in [-0.4, -0.2) is 19.7 Å². The molecule has 0 amide bonds. The van der Waals surface area contributed by atoms with Gasteiger partial charge in [0.2, 0.25) is 0 Å². The van der Waals surface area contributed by atoms with Gasteiger partial charge in [0.05, 0.1) is 21.4 Å². The van der Waals surface area contributed by atoms with Crippen molar-refractivity contribution >= 4 is 21.7 Å². The number of hydrogen-bond acceptors (Lipinski definition) is 4. The predicted molar refractivity (Wildman–Crippen MR) is 70.5 cm³/mol. The van der Waals surface area contributed by atoms with Crippen LogP contribution in [0, 0.1) is 6.92 Å². The summed E-state index contributed by atoms with van der Waals surface area (Å²) in [5.74, 6) is 1.09. The van der Waals surface area contributed by atoms with Gasteiger partial charge in [0, 0.05) is 13.2 Å². The molecular formula is C11H14BrN5. The molecule has 0 spiro atoms. The number of aryl methyl sites for hydroxylation is 3. The molecule has 0 bridgehead atoms. The van der Waals surface area contributed by atoms with E-state index in [9.17, 15) is 0 Å². The minimum Gasteiger partial charge on any atom is -0.383 e. The first-order chi connectivity index (χ1) is 8.02. The van der Waals surface area contributed by atoms with Gasteiger partial charge in [-0.05, 0) is 29.3 Å². The van der Waals surface area contributed by atoms with E-state index in [1.165, 1.54) is 0 Å². The first kappa shape index (κ1) is 12.0. The summed E-state index contributed by atoms with van der Waals surface area (Å²) in [7, 11) is 1.89. The Kier molecular flexibility index (Phi) is 3.15. The molecule has 17 heavy (non-hydrogen) atoms. The van der Waals surface area contributed by atoms with E-state index in [1.54, 1.807) is 4.68 Å². The third-order valence-electron chi connectivity index (χ3n) is 2.52. The van der Waals surface area contributed by atoms with Crippen molar-refractivity contribution in [1.29, 1.82) is 0 Å². The Morgan fingerprint density at radius 2 is 2.12 bits per heavy atom. The molecule has 0 atom stereocenters. The highest BCUT2D eigenvalue weighted by molar-refractivity contribution is 9.10. The van der Waals surface area contributed by atoms with Gasteiger partial charge in [-0.1, -0.05) is 6.92 Å². The average Bonchev–Trinajstić information content (AvgIpc) is 2.66. The van der Waals surface area contributed by atoms with Crippen LogP contribution in [0.15, 0.2) is 10.7 Å². The second kappa shape index (κ2) is 4.44. The zero-order chi connectivity index (χ0) is 12.6. The highest BCUT2D eigenvalue weighted by Gasteiger charge is 2.14. The van der Waals surface area contributed by atoms with E-state index in [0.717, 1.165) is 27.8 Å². The molecule has 2 rings (SSSR count). The van der Waals surface area contributed by atoms with Crippen molar-refractivity contribution in [3.8, 4) is 11.4 Å². The number of nitrogen functional groups attached to an aromatic ring is 1. The molecule has 0 unspecified atom stereocenters. The maximum Gasteiger partial charge on any atom is 0.165 e. The van der Waals surface area contributed by atoms with Crippen LogP contribution < -0.4 is 5.73 Å². The van der Waals surface area contributed by atoms with E-state index in [0.29, 0.717) is 11.6 Å². The summed E-state index contributed by atoms with van der Waals surface area (Å²) in [6, 6.07) is 0. The van der Waals surface area contributed by atoms with Crippen LogP contribution in [0.3, 0.4) is 0 Å². The lowest BCUT2D eigenvalue weighted by Crippen LogP contribution is -2.00. The molecular weight excluding hydrogens is 282 g/mol. The Morgan fingerprint density at radius 1 is 1.41 bits per heavy atom. The Labute approximate surface area is 108 Å². The van der Waals surface area contributed by atoms with Gasteiger partial charge in [-0.3, -0.25) is 4.68 Å². The molecule has 0 aliphatic heterocycles. The first-order valence-electron chi connectivity index (χ1n) is 5.35. The lowest BCUT2D eigenvalue weighted by atomic mass is 10.2. The fourth-order valence-electron chi connectivity index (χ4n) is 1.68. The second-order valence-corrected chi connectivity index (χ2v) is 4.64. The smallest absolute Gasteiger partial charge is 0.165 e. The van der Waals surface area contributed by atoms with Gasteiger partial charge in [-0.15, -0.1) is 0 Å². The molecule has 2 aromatic heterocycles. The molecule has 0 saturated heterocycles. The highest BCUT2D eigenvalue weighted by atomic mass is 79.9. The summed E-state index contributed by atoms with van der Waals surface area (Å²) in [5.41, 5.74) is 8.59. The molecule has 0 radical (unpaired) electrons. The van der Waals surface area contributed by atoms with Crippen molar-refractivity contribution in [2.24, 2.45) is 7.05 Å². The van der Waals surface area contributed by atoms with Gasteiger partial charge in [0.1, 0.15) is 5.82 Å². The normalized spacial score (nSPS) is 10.8. The molecule has 6 heteroatoms. The minimum atomic E-state index is 0.457. The molecule has 0 aromatic carbocycles. The van der Waals surface area contributed by atoms with Crippen LogP contribution in [0.1, 0.15) is 18.3 Å². The first-order valence-corrected chi connectivity index (χ1v) is 6.14. The van der Waals surface area contributed by atoms with Crippen molar-refractivity contribution < 1.29 is 0 Å². The number of halogens is 1.